The maximum Gasteiger partial charge on any atom is 0.200 e. The number of benzene rings is 3. The van der Waals surface area contributed by atoms with Crippen LogP contribution in [0.1, 0.15) is 12.5 Å². The Balaban J connectivity index is 2.04. The molecule has 0 saturated carbocycles. The predicted octanol–water partition coefficient (Wildman–Crippen LogP) is 4.43. The average molecular weight is 379 g/mol. The molecule has 0 bridgehead atoms. The van der Waals surface area contributed by atoms with E-state index < -0.39 is 0 Å². The quantitative estimate of drug-likeness (QED) is 0.395. The highest BCUT2D eigenvalue weighted by molar-refractivity contribution is 7.71. The molecule has 0 aliphatic carbocycles. The van der Waals surface area contributed by atoms with Crippen LogP contribution in [0.4, 0.5) is 0 Å². The fourth-order valence-corrected chi connectivity index (χ4v) is 3.48. The van der Waals surface area contributed by atoms with Crippen LogP contribution in [0.3, 0.4) is 0 Å². The van der Waals surface area contributed by atoms with Crippen LogP contribution in [0, 0.1) is 4.77 Å². The SMILES string of the molecule is CCc1cc(-c2n[nH]c(=S)n2-c2ccc(O)c3ccccc23)c(O)cc1O. The molecule has 0 saturated heterocycles. The summed E-state index contributed by atoms with van der Waals surface area (Å²) in [6.45, 7) is 1.92. The van der Waals surface area contributed by atoms with Gasteiger partial charge < -0.3 is 15.3 Å². The minimum absolute atomic E-state index is 0.0366. The standard InChI is InChI=1S/C20H17N3O3S/c1-2-11-9-14(18(26)10-17(11)25)19-21-22-20(27)23(19)15-7-8-16(24)13-6-4-3-5-12(13)15/h3-10,24-26H,2H2,1H3,(H,22,27). The Bertz CT molecular complexity index is 1230. The molecule has 3 aromatic carbocycles. The van der Waals surface area contributed by atoms with Crippen LogP contribution >= 0.6 is 12.2 Å². The van der Waals surface area contributed by atoms with E-state index >= 15 is 0 Å². The van der Waals surface area contributed by atoms with Crippen molar-refractivity contribution in [3.63, 3.8) is 0 Å². The minimum Gasteiger partial charge on any atom is -0.508 e. The van der Waals surface area contributed by atoms with Crippen molar-refractivity contribution >= 4 is 23.0 Å². The first-order chi connectivity index (χ1) is 13.0. The molecule has 6 nitrogen and oxygen atoms in total. The molecule has 0 aliphatic heterocycles. The summed E-state index contributed by atoms with van der Waals surface area (Å²) < 4.78 is 2.06. The van der Waals surface area contributed by atoms with Gasteiger partial charge in [-0.3, -0.25) is 9.67 Å². The number of nitrogens with zero attached hydrogens (tertiary/aromatic N) is 2. The van der Waals surface area contributed by atoms with Gasteiger partial charge in [0.1, 0.15) is 17.2 Å². The summed E-state index contributed by atoms with van der Waals surface area (Å²) in [5.74, 6) is 0.534. The molecule has 0 spiro atoms. The number of hydrogen-bond donors (Lipinski definition) is 4. The third kappa shape index (κ3) is 2.72. The van der Waals surface area contributed by atoms with Crippen LogP contribution in [0.15, 0.2) is 48.5 Å². The van der Waals surface area contributed by atoms with Crippen molar-refractivity contribution < 1.29 is 15.3 Å². The zero-order valence-corrected chi connectivity index (χ0v) is 15.3. The Morgan fingerprint density at radius 3 is 2.44 bits per heavy atom. The van der Waals surface area contributed by atoms with Crippen LogP contribution < -0.4 is 0 Å². The molecule has 0 amide bonds. The number of hydrogen-bond acceptors (Lipinski definition) is 5. The van der Waals surface area contributed by atoms with Crippen LogP contribution in [0.5, 0.6) is 17.2 Å². The molecule has 4 N–H and O–H groups in total. The average Bonchev–Trinajstić information content (AvgIpc) is 3.04. The molecule has 1 heterocycles. The molecule has 0 fully saturated rings. The first-order valence-corrected chi connectivity index (χ1v) is 8.85. The summed E-state index contributed by atoms with van der Waals surface area (Å²) in [7, 11) is 0. The molecular formula is C20H17N3O3S. The van der Waals surface area contributed by atoms with E-state index in [1.54, 1.807) is 22.8 Å². The van der Waals surface area contributed by atoms with Gasteiger partial charge in [0.05, 0.1) is 11.3 Å². The third-order valence-corrected chi connectivity index (χ3v) is 4.88. The molecule has 1 aromatic heterocycles. The lowest BCUT2D eigenvalue weighted by atomic mass is 10.0. The number of phenolic OH excluding ortho intramolecular Hbond substituents is 3. The number of aryl methyl sites for hydroxylation is 1. The summed E-state index contributed by atoms with van der Waals surface area (Å²) in [5.41, 5.74) is 1.87. The molecule has 4 rings (SSSR count). The molecule has 136 valence electrons. The predicted molar refractivity (Wildman–Crippen MR) is 106 cm³/mol. The van der Waals surface area contributed by atoms with E-state index in [2.05, 4.69) is 10.2 Å². The maximum absolute atomic E-state index is 10.4. The van der Waals surface area contributed by atoms with Crippen LogP contribution in [0.25, 0.3) is 27.8 Å². The van der Waals surface area contributed by atoms with E-state index in [0.717, 1.165) is 11.1 Å². The van der Waals surface area contributed by atoms with Gasteiger partial charge in [0.2, 0.25) is 0 Å². The number of phenols is 3. The van der Waals surface area contributed by atoms with Crippen molar-refractivity contribution in [2.24, 2.45) is 0 Å². The van der Waals surface area contributed by atoms with Crippen LogP contribution in [0.2, 0.25) is 0 Å². The van der Waals surface area contributed by atoms with Gasteiger partial charge in [0, 0.05) is 16.8 Å². The monoisotopic (exact) mass is 379 g/mol. The summed E-state index contributed by atoms with van der Waals surface area (Å²) in [5, 5.41) is 39.1. The maximum atomic E-state index is 10.4. The second-order valence-corrected chi connectivity index (χ2v) is 6.58. The van der Waals surface area contributed by atoms with Gasteiger partial charge in [-0.15, -0.1) is 0 Å². The molecule has 4 aromatic rings. The second-order valence-electron chi connectivity index (χ2n) is 6.19. The van der Waals surface area contributed by atoms with E-state index in [-0.39, 0.29) is 17.2 Å². The Labute approximate surface area is 160 Å². The molecule has 0 radical (unpaired) electrons. The molecule has 0 atom stereocenters. The molecule has 0 unspecified atom stereocenters. The van der Waals surface area contributed by atoms with Gasteiger partial charge in [-0.1, -0.05) is 31.2 Å². The zero-order chi connectivity index (χ0) is 19.1. The number of fused-ring (bicyclic) bond motifs is 1. The van der Waals surface area contributed by atoms with Gasteiger partial charge in [-0.25, -0.2) is 0 Å². The number of aromatic amines is 1. The van der Waals surface area contributed by atoms with E-state index in [9.17, 15) is 15.3 Å². The zero-order valence-electron chi connectivity index (χ0n) is 14.5. The number of aromatic hydroxyl groups is 3. The first kappa shape index (κ1) is 17.1. The van der Waals surface area contributed by atoms with Crippen molar-refractivity contribution in [1.29, 1.82) is 0 Å². The Morgan fingerprint density at radius 1 is 0.963 bits per heavy atom. The first-order valence-electron chi connectivity index (χ1n) is 8.45. The van der Waals surface area contributed by atoms with Gasteiger partial charge in [0.25, 0.3) is 0 Å². The van der Waals surface area contributed by atoms with E-state index in [1.807, 2.05) is 31.2 Å². The van der Waals surface area contributed by atoms with E-state index in [0.29, 0.717) is 33.5 Å². The van der Waals surface area contributed by atoms with Crippen molar-refractivity contribution in [2.45, 2.75) is 13.3 Å². The van der Waals surface area contributed by atoms with Crippen LogP contribution in [-0.2, 0) is 6.42 Å². The Kier molecular flexibility index (Phi) is 4.08. The van der Waals surface area contributed by atoms with Gasteiger partial charge in [-0.2, -0.15) is 5.10 Å². The van der Waals surface area contributed by atoms with Crippen molar-refractivity contribution in [3.05, 3.63) is 58.9 Å². The summed E-state index contributed by atoms with van der Waals surface area (Å²) in [6, 6.07) is 13.8. The normalized spacial score (nSPS) is 11.1. The lowest BCUT2D eigenvalue weighted by Gasteiger charge is -2.13. The van der Waals surface area contributed by atoms with Crippen molar-refractivity contribution in [3.8, 4) is 34.3 Å². The van der Waals surface area contributed by atoms with Crippen molar-refractivity contribution in [1.82, 2.24) is 14.8 Å². The van der Waals surface area contributed by atoms with E-state index in [1.165, 1.54) is 6.07 Å². The molecule has 0 aliphatic rings. The third-order valence-electron chi connectivity index (χ3n) is 4.61. The number of nitrogens with one attached hydrogen (secondary N) is 1. The molecule has 7 heteroatoms. The summed E-state index contributed by atoms with van der Waals surface area (Å²) in [4.78, 5) is 0. The fourth-order valence-electron chi connectivity index (χ4n) is 3.25. The summed E-state index contributed by atoms with van der Waals surface area (Å²) >= 11 is 5.43. The number of aromatic nitrogens is 3. The highest BCUT2D eigenvalue weighted by Crippen LogP contribution is 2.37. The Hall–Kier alpha value is -3.32. The van der Waals surface area contributed by atoms with Crippen LogP contribution in [-0.4, -0.2) is 30.1 Å². The fraction of sp³-hybridized carbons (Fsp3) is 0.100. The highest BCUT2D eigenvalue weighted by Gasteiger charge is 2.18. The highest BCUT2D eigenvalue weighted by atomic mass is 32.1. The van der Waals surface area contributed by atoms with Gasteiger partial charge >= 0.3 is 0 Å². The van der Waals surface area contributed by atoms with Gasteiger partial charge in [0.15, 0.2) is 10.6 Å². The van der Waals surface area contributed by atoms with E-state index in [4.69, 9.17) is 12.2 Å². The lowest BCUT2D eigenvalue weighted by molar-refractivity contribution is 0.447. The largest absolute Gasteiger partial charge is 0.508 e. The van der Waals surface area contributed by atoms with Crippen molar-refractivity contribution in [2.75, 3.05) is 0 Å². The topological polar surface area (TPSA) is 94.3 Å². The molecule has 27 heavy (non-hydrogen) atoms. The Morgan fingerprint density at radius 2 is 1.70 bits per heavy atom. The smallest absolute Gasteiger partial charge is 0.200 e. The minimum atomic E-state index is -0.0944. The molecular weight excluding hydrogens is 362 g/mol. The summed E-state index contributed by atoms with van der Waals surface area (Å²) in [6.07, 6.45) is 0.604. The number of rotatable bonds is 3. The number of H-pyrrole nitrogens is 1. The second kappa shape index (κ2) is 6.44. The lowest BCUT2D eigenvalue weighted by Crippen LogP contribution is -2.00. The van der Waals surface area contributed by atoms with Gasteiger partial charge in [-0.05, 0) is 42.4 Å².